The number of anilines is 1. The number of halogens is 3. The van der Waals surface area contributed by atoms with Gasteiger partial charge in [0.05, 0.1) is 0 Å². The summed E-state index contributed by atoms with van der Waals surface area (Å²) in [5.41, 5.74) is 0.130. The minimum absolute atomic E-state index is 0.00591. The largest absolute Gasteiger partial charge is 0.455 e. The van der Waals surface area contributed by atoms with Crippen LogP contribution in [0.15, 0.2) is 4.52 Å². The zero-order valence-corrected chi connectivity index (χ0v) is 15.5. The van der Waals surface area contributed by atoms with E-state index in [0.29, 0.717) is 24.9 Å². The Morgan fingerprint density at radius 1 is 1.14 bits per heavy atom. The summed E-state index contributed by atoms with van der Waals surface area (Å²) < 4.78 is 43.3. The summed E-state index contributed by atoms with van der Waals surface area (Å²) in [5.74, 6) is -0.602. The molecule has 3 aliphatic heterocycles. The number of aromatic nitrogens is 2. The highest BCUT2D eigenvalue weighted by Crippen LogP contribution is 2.43. The van der Waals surface area contributed by atoms with Gasteiger partial charge in [0.1, 0.15) is 0 Å². The topological polar surface area (TPSA) is 74.5 Å². The van der Waals surface area contributed by atoms with Crippen molar-refractivity contribution in [3.8, 4) is 0 Å². The molecule has 0 aromatic carbocycles. The lowest BCUT2D eigenvalue weighted by Crippen LogP contribution is -2.48. The second-order valence-electron chi connectivity index (χ2n) is 8.92. The summed E-state index contributed by atoms with van der Waals surface area (Å²) in [4.78, 5) is 19.6. The first-order chi connectivity index (χ1) is 13.3. The number of hydrogen-bond acceptors (Lipinski definition) is 6. The Labute approximate surface area is 160 Å². The van der Waals surface area contributed by atoms with Gasteiger partial charge in [-0.05, 0) is 61.7 Å². The van der Waals surface area contributed by atoms with Gasteiger partial charge >= 0.3 is 12.2 Å². The fourth-order valence-corrected chi connectivity index (χ4v) is 5.65. The number of likely N-dealkylation sites (tertiary alicyclic amines) is 1. The van der Waals surface area contributed by atoms with Gasteiger partial charge in [0.15, 0.2) is 0 Å². The van der Waals surface area contributed by atoms with Crippen LogP contribution in [0.4, 0.5) is 19.2 Å². The van der Waals surface area contributed by atoms with Crippen LogP contribution in [0.25, 0.3) is 0 Å². The quantitative estimate of drug-likeness (QED) is 0.821. The molecule has 4 fully saturated rings. The Balaban J connectivity index is 1.23. The van der Waals surface area contributed by atoms with E-state index < -0.39 is 12.0 Å². The molecule has 1 saturated carbocycles. The van der Waals surface area contributed by atoms with E-state index in [-0.39, 0.29) is 23.4 Å². The molecule has 4 heterocycles. The Hall–Kier alpha value is -1.84. The maximum absolute atomic E-state index is 12.8. The van der Waals surface area contributed by atoms with Crippen LogP contribution in [0.1, 0.15) is 44.3 Å². The van der Waals surface area contributed by atoms with Gasteiger partial charge in [-0.25, -0.2) is 0 Å². The van der Waals surface area contributed by atoms with Crippen molar-refractivity contribution in [2.24, 2.45) is 11.3 Å². The molecule has 154 valence electrons. The molecule has 1 amide bonds. The van der Waals surface area contributed by atoms with E-state index in [1.807, 2.05) is 4.90 Å². The number of nitrogens with zero attached hydrogens (tertiary/aromatic N) is 4. The van der Waals surface area contributed by atoms with Crippen molar-refractivity contribution < 1.29 is 22.5 Å². The van der Waals surface area contributed by atoms with E-state index in [2.05, 4.69) is 20.4 Å². The predicted molar refractivity (Wildman–Crippen MR) is 92.4 cm³/mol. The van der Waals surface area contributed by atoms with E-state index >= 15 is 0 Å². The Bertz CT molecular complexity index is 759. The Morgan fingerprint density at radius 3 is 2.54 bits per heavy atom. The molecule has 0 radical (unpaired) electrons. The first-order valence-electron chi connectivity index (χ1n) is 10.00. The molecule has 1 aromatic rings. The average Bonchev–Trinajstić information content (AvgIpc) is 3.34. The summed E-state index contributed by atoms with van der Waals surface area (Å²) in [6.07, 6.45) is 1.04. The van der Waals surface area contributed by atoms with Crippen LogP contribution in [0, 0.1) is 11.3 Å². The smallest absolute Gasteiger partial charge is 0.356 e. The average molecular weight is 399 g/mol. The molecule has 3 atom stereocenters. The molecule has 4 aliphatic rings. The van der Waals surface area contributed by atoms with Gasteiger partial charge in [-0.15, -0.1) is 0 Å². The summed E-state index contributed by atoms with van der Waals surface area (Å²) in [7, 11) is 0. The molecule has 1 aliphatic carbocycles. The normalized spacial score (nSPS) is 32.9. The lowest BCUT2D eigenvalue weighted by Gasteiger charge is -2.44. The molecule has 5 rings (SSSR count). The molecule has 2 bridgehead atoms. The number of carbonyl (C=O) groups excluding carboxylic acids is 1. The van der Waals surface area contributed by atoms with E-state index in [4.69, 9.17) is 4.52 Å². The van der Waals surface area contributed by atoms with Gasteiger partial charge < -0.3 is 19.6 Å². The second kappa shape index (κ2) is 6.33. The number of rotatable bonds is 2. The lowest BCUT2D eigenvalue weighted by atomic mass is 9.76. The molecular weight excluding hydrogens is 375 g/mol. The number of fused-ring (bicyclic) bond motifs is 2. The summed E-state index contributed by atoms with van der Waals surface area (Å²) in [5, 5.41) is 6.07. The molecule has 1 aromatic heterocycles. The third kappa shape index (κ3) is 3.15. The number of piperidine rings is 1. The SMILES string of the molecule is O=C1CC2(CCN(C3CC4CC(C3)N(c3nc(C(F)(F)F)no3)C4)CC2)CN1. The highest BCUT2D eigenvalue weighted by molar-refractivity contribution is 5.79. The lowest BCUT2D eigenvalue weighted by molar-refractivity contribution is -0.146. The standard InChI is InChI=1S/C18H24F3N5O2/c19-18(20,21)15-23-16(28-24-15)26-9-11-5-12(7-13(26)6-11)25-3-1-17(2-4-25)8-14(27)22-10-17/h11-13H,1-10H2,(H,22,27). The molecule has 7 nitrogen and oxygen atoms in total. The van der Waals surface area contributed by atoms with Crippen LogP contribution in [-0.4, -0.2) is 59.2 Å². The maximum Gasteiger partial charge on any atom is 0.455 e. The third-order valence-corrected chi connectivity index (χ3v) is 7.14. The fourth-order valence-electron chi connectivity index (χ4n) is 5.65. The fraction of sp³-hybridized carbons (Fsp3) is 0.833. The predicted octanol–water partition coefficient (Wildman–Crippen LogP) is 2.05. The van der Waals surface area contributed by atoms with E-state index in [9.17, 15) is 18.0 Å². The van der Waals surface area contributed by atoms with Gasteiger partial charge in [-0.1, -0.05) is 0 Å². The molecule has 28 heavy (non-hydrogen) atoms. The van der Waals surface area contributed by atoms with E-state index in [0.717, 1.165) is 51.7 Å². The highest BCUT2D eigenvalue weighted by atomic mass is 19.4. The Morgan fingerprint density at radius 2 is 1.89 bits per heavy atom. The number of hydrogen-bond donors (Lipinski definition) is 1. The van der Waals surface area contributed by atoms with Crippen molar-refractivity contribution >= 4 is 11.9 Å². The van der Waals surface area contributed by atoms with Gasteiger partial charge in [-0.2, -0.15) is 18.2 Å². The molecule has 3 saturated heterocycles. The van der Waals surface area contributed by atoms with Gasteiger partial charge in [0.25, 0.3) is 5.82 Å². The summed E-state index contributed by atoms with van der Waals surface area (Å²) in [6.45, 7) is 3.44. The minimum atomic E-state index is -4.58. The Kier molecular flexibility index (Phi) is 4.12. The highest BCUT2D eigenvalue weighted by Gasteiger charge is 2.47. The van der Waals surface area contributed by atoms with Crippen LogP contribution in [-0.2, 0) is 11.0 Å². The van der Waals surface area contributed by atoms with Crippen LogP contribution in [0.3, 0.4) is 0 Å². The summed E-state index contributed by atoms with van der Waals surface area (Å²) in [6, 6.07) is 0.575. The van der Waals surface area contributed by atoms with Gasteiger partial charge in [0.2, 0.25) is 5.91 Å². The van der Waals surface area contributed by atoms with Crippen molar-refractivity contribution in [2.75, 3.05) is 31.1 Å². The van der Waals surface area contributed by atoms with Crippen LogP contribution >= 0.6 is 0 Å². The molecular formula is C18H24F3N5O2. The monoisotopic (exact) mass is 399 g/mol. The first-order valence-corrected chi connectivity index (χ1v) is 10.00. The van der Waals surface area contributed by atoms with Crippen LogP contribution in [0.2, 0.25) is 0 Å². The number of carbonyl (C=O) groups is 1. The zero-order chi connectivity index (χ0) is 19.5. The number of nitrogens with one attached hydrogen (secondary N) is 1. The van der Waals surface area contributed by atoms with Gasteiger partial charge in [0, 0.05) is 31.6 Å². The molecule has 10 heteroatoms. The zero-order valence-electron chi connectivity index (χ0n) is 15.5. The molecule has 3 unspecified atom stereocenters. The van der Waals surface area contributed by atoms with Crippen molar-refractivity contribution in [3.63, 3.8) is 0 Å². The van der Waals surface area contributed by atoms with Crippen LogP contribution in [0.5, 0.6) is 0 Å². The maximum atomic E-state index is 12.8. The van der Waals surface area contributed by atoms with Crippen molar-refractivity contribution in [2.45, 2.75) is 56.8 Å². The molecule has 1 N–H and O–H groups in total. The number of amides is 1. The van der Waals surface area contributed by atoms with E-state index in [1.165, 1.54) is 0 Å². The van der Waals surface area contributed by atoms with Crippen molar-refractivity contribution in [3.05, 3.63) is 5.82 Å². The first kappa shape index (κ1) is 18.2. The van der Waals surface area contributed by atoms with Crippen molar-refractivity contribution in [1.82, 2.24) is 20.4 Å². The van der Waals surface area contributed by atoms with Gasteiger partial charge in [-0.3, -0.25) is 4.79 Å². The van der Waals surface area contributed by atoms with Crippen molar-refractivity contribution in [1.29, 1.82) is 0 Å². The second-order valence-corrected chi connectivity index (χ2v) is 8.92. The summed E-state index contributed by atoms with van der Waals surface area (Å²) >= 11 is 0. The minimum Gasteiger partial charge on any atom is -0.356 e. The van der Waals surface area contributed by atoms with Crippen LogP contribution < -0.4 is 10.2 Å². The molecule has 1 spiro atoms. The van der Waals surface area contributed by atoms with E-state index in [1.54, 1.807) is 0 Å². The third-order valence-electron chi connectivity index (χ3n) is 7.14. The number of alkyl halides is 3.